The van der Waals surface area contributed by atoms with Crippen LogP contribution in [0.3, 0.4) is 0 Å². The zero-order chi connectivity index (χ0) is 2.71. The van der Waals surface area contributed by atoms with Crippen molar-refractivity contribution in [1.82, 2.24) is 0 Å². The van der Waals surface area contributed by atoms with Gasteiger partial charge < -0.3 is 10.4 Å². The van der Waals surface area contributed by atoms with Crippen molar-refractivity contribution in [3.63, 3.8) is 0 Å². The molecule has 5 heteroatoms. The Labute approximate surface area is 41.7 Å². The number of hydrogen-bond donors (Lipinski definition) is 1. The van der Waals surface area contributed by atoms with Crippen LogP contribution >= 0.6 is 8.69 Å². The minimum absolute atomic E-state index is 0. The van der Waals surface area contributed by atoms with Gasteiger partial charge in [-0.15, -0.1) is 0 Å². The Kier molecular flexibility index (Phi) is 84.2. The van der Waals surface area contributed by atoms with Crippen LogP contribution in [0.2, 0.25) is 0 Å². The summed E-state index contributed by atoms with van der Waals surface area (Å²) >= 11 is 0. The standard InChI is InChI=1S/Al.HO2P.H2O.3H/c;1-3-2;;;;/h;(H,1,2);1H2;;;. The van der Waals surface area contributed by atoms with Crippen molar-refractivity contribution in [2.45, 2.75) is 0 Å². The molecule has 0 aromatic carbocycles. The smallest absolute Gasteiger partial charge is 0.324 e. The second-order valence-corrected chi connectivity index (χ2v) is 0.245. The maximum Gasteiger partial charge on any atom is 0.324 e. The lowest BCUT2D eigenvalue weighted by atomic mass is 15.9. The van der Waals surface area contributed by atoms with Gasteiger partial charge >= 0.3 is 8.69 Å². The van der Waals surface area contributed by atoms with E-state index in [1.165, 1.54) is 0 Å². The molecule has 0 amide bonds. The fourth-order valence-electron chi connectivity index (χ4n) is 0. The first-order valence-corrected chi connectivity index (χ1v) is 1.15. The molecule has 0 rings (SSSR count). The van der Waals surface area contributed by atoms with Crippen molar-refractivity contribution < 1.29 is 14.9 Å². The SMILES string of the molecule is O.O=PO.[AlH3]. The molecule has 0 aromatic heterocycles. The lowest BCUT2D eigenvalue weighted by Gasteiger charge is -1.24. The minimum atomic E-state index is -0.833. The molecule has 0 aliphatic rings. The van der Waals surface area contributed by atoms with Gasteiger partial charge in [-0.05, 0) is 0 Å². The highest BCUT2D eigenvalue weighted by atomic mass is 31.1. The predicted octanol–water partition coefficient (Wildman–Crippen LogP) is -1.82. The lowest BCUT2D eigenvalue weighted by Crippen LogP contribution is -1.03. The summed E-state index contributed by atoms with van der Waals surface area (Å²) in [6, 6.07) is 0. The van der Waals surface area contributed by atoms with Crippen molar-refractivity contribution in [2.24, 2.45) is 0 Å². The monoisotopic (exact) mass is 112 g/mol. The topological polar surface area (TPSA) is 68.8 Å². The van der Waals surface area contributed by atoms with Crippen LogP contribution in [0, 0.1) is 0 Å². The fraction of sp³-hybridized carbons (Fsp3) is 0. The molecule has 0 atom stereocenters. The van der Waals surface area contributed by atoms with E-state index in [0.717, 1.165) is 0 Å². The third-order valence-electron chi connectivity index (χ3n) is 0. The van der Waals surface area contributed by atoms with E-state index in [1.54, 1.807) is 0 Å². The average Bonchev–Trinajstić information content (AvgIpc) is 0.918. The van der Waals surface area contributed by atoms with Gasteiger partial charge in [0.15, 0.2) is 17.4 Å². The molecular formula is H6AlO3P. The van der Waals surface area contributed by atoms with E-state index in [9.17, 15) is 0 Å². The number of rotatable bonds is 0. The van der Waals surface area contributed by atoms with Crippen molar-refractivity contribution in [1.29, 1.82) is 0 Å². The van der Waals surface area contributed by atoms with Gasteiger partial charge in [0.2, 0.25) is 0 Å². The van der Waals surface area contributed by atoms with E-state index in [0.29, 0.717) is 0 Å². The predicted molar refractivity (Wildman–Crippen MR) is 23.4 cm³/mol. The molecule has 0 aliphatic carbocycles. The Morgan fingerprint density at radius 1 is 1.60 bits per heavy atom. The first-order chi connectivity index (χ1) is 1.41. The molecule has 0 aliphatic heterocycles. The van der Waals surface area contributed by atoms with E-state index < -0.39 is 8.69 Å². The largest absolute Gasteiger partial charge is 0.412 e. The van der Waals surface area contributed by atoms with Gasteiger partial charge in [-0.1, -0.05) is 0 Å². The molecule has 0 spiro atoms. The summed E-state index contributed by atoms with van der Waals surface area (Å²) in [4.78, 5) is 6.99. The summed E-state index contributed by atoms with van der Waals surface area (Å²) in [5.74, 6) is 0. The molecule has 0 aromatic rings. The maximum atomic E-state index is 8.46. The van der Waals surface area contributed by atoms with Crippen molar-refractivity contribution >= 4 is 26.0 Å². The molecule has 0 unspecified atom stereocenters. The third kappa shape index (κ3) is 97.2. The van der Waals surface area contributed by atoms with Gasteiger partial charge in [-0.3, -0.25) is 0 Å². The van der Waals surface area contributed by atoms with Crippen molar-refractivity contribution in [2.75, 3.05) is 0 Å². The van der Waals surface area contributed by atoms with Crippen LogP contribution in [-0.4, -0.2) is 27.7 Å². The summed E-state index contributed by atoms with van der Waals surface area (Å²) in [6.45, 7) is 0. The molecule has 32 valence electrons. The van der Waals surface area contributed by atoms with Crippen LogP contribution in [0.15, 0.2) is 0 Å². The van der Waals surface area contributed by atoms with Gasteiger partial charge in [-0.2, -0.15) is 0 Å². The lowest BCUT2D eigenvalue weighted by molar-refractivity contribution is 0.524. The highest BCUT2D eigenvalue weighted by Gasteiger charge is 1.28. The maximum absolute atomic E-state index is 8.46. The fourth-order valence-corrected chi connectivity index (χ4v) is 0. The summed E-state index contributed by atoms with van der Waals surface area (Å²) in [7, 11) is -0.833. The summed E-state index contributed by atoms with van der Waals surface area (Å²) in [5, 5.41) is 0. The second kappa shape index (κ2) is 23.8. The number of hydrogen-bond acceptors (Lipinski definition) is 1. The molecule has 3 N–H and O–H groups in total. The molecule has 0 fully saturated rings. The van der Waals surface area contributed by atoms with Gasteiger partial charge in [-0.25, -0.2) is 4.57 Å². The third-order valence-corrected chi connectivity index (χ3v) is 0. The summed E-state index contributed by atoms with van der Waals surface area (Å²) in [6.07, 6.45) is 0. The normalized spacial score (nSPS) is 4.20. The van der Waals surface area contributed by atoms with Crippen LogP contribution in [-0.2, 0) is 4.57 Å². The van der Waals surface area contributed by atoms with Gasteiger partial charge in [0.05, 0.1) is 0 Å². The first-order valence-electron chi connectivity index (χ1n) is 0.383. The van der Waals surface area contributed by atoms with Crippen LogP contribution in [0.1, 0.15) is 0 Å². The molecule has 3 nitrogen and oxygen atoms in total. The van der Waals surface area contributed by atoms with E-state index in [1.807, 2.05) is 0 Å². The highest BCUT2D eigenvalue weighted by molar-refractivity contribution is 7.16. The zero-order valence-electron chi connectivity index (χ0n) is 1.80. The van der Waals surface area contributed by atoms with Crippen molar-refractivity contribution in [3.05, 3.63) is 0 Å². The van der Waals surface area contributed by atoms with E-state index in [4.69, 9.17) is 9.46 Å². The van der Waals surface area contributed by atoms with E-state index in [2.05, 4.69) is 0 Å². The van der Waals surface area contributed by atoms with E-state index in [-0.39, 0.29) is 22.8 Å². The molecule has 5 heavy (non-hydrogen) atoms. The zero-order valence-corrected chi connectivity index (χ0v) is 2.70. The molecule has 0 saturated carbocycles. The molecule has 0 heterocycles. The summed E-state index contributed by atoms with van der Waals surface area (Å²) < 4.78 is 8.46. The first kappa shape index (κ1) is 17.7. The molecule has 0 radical (unpaired) electrons. The Morgan fingerprint density at radius 2 is 1.60 bits per heavy atom. The Morgan fingerprint density at radius 3 is 1.60 bits per heavy atom. The van der Waals surface area contributed by atoms with Crippen LogP contribution in [0.25, 0.3) is 0 Å². The summed E-state index contributed by atoms with van der Waals surface area (Å²) in [5.41, 5.74) is 0. The van der Waals surface area contributed by atoms with Crippen LogP contribution < -0.4 is 0 Å². The van der Waals surface area contributed by atoms with Crippen LogP contribution in [0.5, 0.6) is 0 Å². The van der Waals surface area contributed by atoms with Gasteiger partial charge in [0, 0.05) is 0 Å². The van der Waals surface area contributed by atoms with Gasteiger partial charge in [0.1, 0.15) is 0 Å². The average molecular weight is 112 g/mol. The Balaban J connectivity index is -0.0000000200. The minimum Gasteiger partial charge on any atom is -0.412 e. The van der Waals surface area contributed by atoms with E-state index >= 15 is 0 Å². The highest BCUT2D eigenvalue weighted by Crippen LogP contribution is 1.66. The molecular weight excluding hydrogens is 106 g/mol. The van der Waals surface area contributed by atoms with Gasteiger partial charge in [0.25, 0.3) is 0 Å². The Bertz CT molecular complexity index is 14.4. The quantitative estimate of drug-likeness (QED) is 0.296. The Hall–Kier alpha value is 0.552. The second-order valence-electron chi connectivity index (χ2n) is 0.0816. The van der Waals surface area contributed by atoms with Crippen LogP contribution in [0.4, 0.5) is 0 Å². The van der Waals surface area contributed by atoms with Crippen molar-refractivity contribution in [3.8, 4) is 0 Å². The molecule has 0 bridgehead atoms. The molecule has 0 saturated heterocycles.